The predicted octanol–water partition coefficient (Wildman–Crippen LogP) is 1.14. The first kappa shape index (κ1) is 9.97. The highest BCUT2D eigenvalue weighted by Crippen LogP contribution is 2.18. The number of hydrogen-bond donors (Lipinski definition) is 1. The molecule has 0 aliphatic carbocycles. The normalized spacial score (nSPS) is 34.5. The van der Waals surface area contributed by atoms with Crippen LogP contribution in [0.4, 0.5) is 0 Å². The number of amides is 1. The Kier molecular flexibility index (Phi) is 3.06. The number of nitrogens with one attached hydrogen (secondary N) is 1. The number of nitrogens with zero attached hydrogens (tertiary/aromatic N) is 1. The van der Waals surface area contributed by atoms with Gasteiger partial charge in [0.1, 0.15) is 0 Å². The first-order chi connectivity index (χ1) is 6.75. The van der Waals surface area contributed by atoms with Crippen molar-refractivity contribution in [3.05, 3.63) is 0 Å². The lowest BCUT2D eigenvalue weighted by Crippen LogP contribution is -2.45. The van der Waals surface area contributed by atoms with Gasteiger partial charge < -0.3 is 5.32 Å². The summed E-state index contributed by atoms with van der Waals surface area (Å²) in [6.45, 7) is 4.58. The Bertz CT molecular complexity index is 217. The van der Waals surface area contributed by atoms with E-state index in [-0.39, 0.29) is 5.91 Å². The summed E-state index contributed by atoms with van der Waals surface area (Å²) in [6.07, 6.45) is 5.77. The summed E-state index contributed by atoms with van der Waals surface area (Å²) in [5.74, 6) is 0.236. The van der Waals surface area contributed by atoms with Crippen molar-refractivity contribution in [3.63, 3.8) is 0 Å². The van der Waals surface area contributed by atoms with Gasteiger partial charge in [-0.15, -0.1) is 0 Å². The number of likely N-dealkylation sites (tertiary alicyclic amines) is 1. The van der Waals surface area contributed by atoms with Crippen LogP contribution < -0.4 is 5.32 Å². The molecule has 0 spiro atoms. The van der Waals surface area contributed by atoms with Gasteiger partial charge in [-0.2, -0.15) is 0 Å². The molecule has 0 radical (unpaired) electrons. The van der Waals surface area contributed by atoms with E-state index in [0.717, 1.165) is 19.4 Å². The molecule has 0 bridgehead atoms. The van der Waals surface area contributed by atoms with E-state index in [1.807, 2.05) is 0 Å². The molecule has 0 saturated carbocycles. The maximum absolute atomic E-state index is 11.0. The van der Waals surface area contributed by atoms with E-state index in [1.165, 1.54) is 25.8 Å². The van der Waals surface area contributed by atoms with Crippen molar-refractivity contribution in [2.45, 2.75) is 51.1 Å². The first-order valence-electron chi connectivity index (χ1n) is 5.79. The summed E-state index contributed by atoms with van der Waals surface area (Å²) in [5.41, 5.74) is 0. The van der Waals surface area contributed by atoms with Crippen LogP contribution in [0.5, 0.6) is 0 Å². The summed E-state index contributed by atoms with van der Waals surface area (Å²) in [4.78, 5) is 13.6. The summed E-state index contributed by atoms with van der Waals surface area (Å²) in [7, 11) is 0. The van der Waals surface area contributed by atoms with Gasteiger partial charge in [-0.1, -0.05) is 6.42 Å². The number of piperidine rings is 1. The highest BCUT2D eigenvalue weighted by Gasteiger charge is 2.26. The molecule has 1 N–H and O–H groups in total. The van der Waals surface area contributed by atoms with Gasteiger partial charge in [-0.3, -0.25) is 9.69 Å². The van der Waals surface area contributed by atoms with Gasteiger partial charge in [-0.05, 0) is 32.7 Å². The molecule has 2 aliphatic rings. The Morgan fingerprint density at radius 2 is 2.29 bits per heavy atom. The van der Waals surface area contributed by atoms with E-state index in [0.29, 0.717) is 12.1 Å². The zero-order valence-electron chi connectivity index (χ0n) is 8.96. The maximum Gasteiger partial charge on any atom is 0.220 e. The van der Waals surface area contributed by atoms with Crippen LogP contribution in [0.3, 0.4) is 0 Å². The van der Waals surface area contributed by atoms with Crippen LogP contribution in [0.1, 0.15) is 39.0 Å². The van der Waals surface area contributed by atoms with Crippen LogP contribution >= 0.6 is 0 Å². The molecule has 2 unspecified atom stereocenters. The molecule has 2 heterocycles. The van der Waals surface area contributed by atoms with Crippen molar-refractivity contribution in [2.24, 2.45) is 0 Å². The standard InChI is InChI=1S/C11H20N2O/c1-9-4-2-3-7-13(9)8-10-5-6-11(14)12-10/h9-10H,2-8H2,1H3,(H,12,14). The number of carbonyl (C=O) groups excluding carboxylic acids is 1. The van der Waals surface area contributed by atoms with E-state index >= 15 is 0 Å². The molecule has 0 aromatic rings. The smallest absolute Gasteiger partial charge is 0.220 e. The third-order valence-corrected chi connectivity index (χ3v) is 3.48. The summed E-state index contributed by atoms with van der Waals surface area (Å²) in [6, 6.07) is 1.13. The number of carbonyl (C=O) groups is 1. The lowest BCUT2D eigenvalue weighted by atomic mass is 10.0. The molecule has 3 nitrogen and oxygen atoms in total. The van der Waals surface area contributed by atoms with Gasteiger partial charge in [0, 0.05) is 25.0 Å². The second-order valence-corrected chi connectivity index (χ2v) is 4.64. The molecule has 0 aromatic heterocycles. The van der Waals surface area contributed by atoms with Gasteiger partial charge in [0.25, 0.3) is 0 Å². The number of rotatable bonds is 2. The van der Waals surface area contributed by atoms with Crippen LogP contribution in [0.25, 0.3) is 0 Å². The van der Waals surface area contributed by atoms with E-state index in [2.05, 4.69) is 17.1 Å². The Labute approximate surface area is 85.8 Å². The fraction of sp³-hybridized carbons (Fsp3) is 0.909. The van der Waals surface area contributed by atoms with E-state index in [9.17, 15) is 4.79 Å². The molecule has 2 aliphatic heterocycles. The maximum atomic E-state index is 11.0. The summed E-state index contributed by atoms with van der Waals surface area (Å²) >= 11 is 0. The average molecular weight is 196 g/mol. The molecular formula is C11H20N2O. The minimum atomic E-state index is 0.236. The zero-order valence-corrected chi connectivity index (χ0v) is 8.96. The predicted molar refractivity (Wildman–Crippen MR) is 56.1 cm³/mol. The molecule has 2 fully saturated rings. The van der Waals surface area contributed by atoms with Crippen molar-refractivity contribution >= 4 is 5.91 Å². The van der Waals surface area contributed by atoms with Crippen molar-refractivity contribution in [1.82, 2.24) is 10.2 Å². The topological polar surface area (TPSA) is 32.3 Å². The van der Waals surface area contributed by atoms with E-state index in [4.69, 9.17) is 0 Å². The van der Waals surface area contributed by atoms with Crippen molar-refractivity contribution in [1.29, 1.82) is 0 Å². The summed E-state index contributed by atoms with van der Waals surface area (Å²) in [5, 5.41) is 3.04. The first-order valence-corrected chi connectivity index (χ1v) is 5.79. The van der Waals surface area contributed by atoms with Crippen molar-refractivity contribution in [3.8, 4) is 0 Å². The molecule has 0 aromatic carbocycles. The molecule has 2 rings (SSSR count). The van der Waals surface area contributed by atoms with Gasteiger partial charge in [0.05, 0.1) is 0 Å². The van der Waals surface area contributed by atoms with E-state index in [1.54, 1.807) is 0 Å². The largest absolute Gasteiger partial charge is 0.352 e. The number of hydrogen-bond acceptors (Lipinski definition) is 2. The zero-order chi connectivity index (χ0) is 9.97. The Hall–Kier alpha value is -0.570. The fourth-order valence-electron chi connectivity index (χ4n) is 2.53. The highest BCUT2D eigenvalue weighted by molar-refractivity contribution is 5.78. The van der Waals surface area contributed by atoms with Gasteiger partial charge in [0.15, 0.2) is 0 Å². The molecule has 14 heavy (non-hydrogen) atoms. The molecule has 2 atom stereocenters. The third-order valence-electron chi connectivity index (χ3n) is 3.48. The minimum Gasteiger partial charge on any atom is -0.352 e. The second-order valence-electron chi connectivity index (χ2n) is 4.64. The van der Waals surface area contributed by atoms with Gasteiger partial charge in [0.2, 0.25) is 5.91 Å². The van der Waals surface area contributed by atoms with Crippen molar-refractivity contribution < 1.29 is 4.79 Å². The van der Waals surface area contributed by atoms with Crippen LogP contribution in [0, 0.1) is 0 Å². The average Bonchev–Trinajstić information content (AvgIpc) is 2.56. The molecule has 3 heteroatoms. The lowest BCUT2D eigenvalue weighted by Gasteiger charge is -2.34. The van der Waals surface area contributed by atoms with Gasteiger partial charge >= 0.3 is 0 Å². The van der Waals surface area contributed by atoms with Crippen LogP contribution in [-0.2, 0) is 4.79 Å². The Morgan fingerprint density at radius 1 is 1.43 bits per heavy atom. The molecule has 1 amide bonds. The van der Waals surface area contributed by atoms with E-state index < -0.39 is 0 Å². The fourth-order valence-corrected chi connectivity index (χ4v) is 2.53. The van der Waals surface area contributed by atoms with Crippen LogP contribution in [-0.4, -0.2) is 36.0 Å². The van der Waals surface area contributed by atoms with Gasteiger partial charge in [-0.25, -0.2) is 0 Å². The lowest BCUT2D eigenvalue weighted by molar-refractivity contribution is -0.119. The SMILES string of the molecule is CC1CCCCN1CC1CCC(=O)N1. The van der Waals surface area contributed by atoms with Crippen molar-refractivity contribution in [2.75, 3.05) is 13.1 Å². The quantitative estimate of drug-likeness (QED) is 0.718. The minimum absolute atomic E-state index is 0.236. The second kappa shape index (κ2) is 4.30. The molecule has 2 saturated heterocycles. The Balaban J connectivity index is 1.81. The third kappa shape index (κ3) is 2.27. The highest BCUT2D eigenvalue weighted by atomic mass is 16.1. The molecular weight excluding hydrogens is 176 g/mol. The van der Waals surface area contributed by atoms with Crippen LogP contribution in [0.15, 0.2) is 0 Å². The van der Waals surface area contributed by atoms with Crippen LogP contribution in [0.2, 0.25) is 0 Å². The molecule has 80 valence electrons. The Morgan fingerprint density at radius 3 is 2.93 bits per heavy atom. The summed E-state index contributed by atoms with van der Waals surface area (Å²) < 4.78 is 0. The monoisotopic (exact) mass is 196 g/mol.